The van der Waals surface area contributed by atoms with E-state index in [1.54, 1.807) is 0 Å². The van der Waals surface area contributed by atoms with Gasteiger partial charge >= 0.3 is 12.0 Å². The summed E-state index contributed by atoms with van der Waals surface area (Å²) < 4.78 is 4.74. The molecular weight excluding hydrogens is 236 g/mol. The monoisotopic (exact) mass is 258 g/mol. The third kappa shape index (κ3) is 3.87. The molecule has 0 spiro atoms. The number of carboxylic acids is 1. The summed E-state index contributed by atoms with van der Waals surface area (Å²) in [5, 5.41) is 14.0. The van der Waals surface area contributed by atoms with Crippen molar-refractivity contribution in [2.75, 3.05) is 20.3 Å². The molecule has 0 saturated heterocycles. The highest BCUT2D eigenvalue weighted by atomic mass is 16.5. The van der Waals surface area contributed by atoms with Crippen LogP contribution in [0.1, 0.15) is 32.6 Å². The van der Waals surface area contributed by atoms with Gasteiger partial charge in [0.15, 0.2) is 6.04 Å². The van der Waals surface area contributed by atoms with Crippen molar-refractivity contribution in [3.05, 3.63) is 0 Å². The van der Waals surface area contributed by atoms with Gasteiger partial charge in [-0.15, -0.1) is 0 Å². The molecule has 1 atom stereocenters. The number of ether oxygens (including phenoxy) is 1. The van der Waals surface area contributed by atoms with Gasteiger partial charge in [-0.3, -0.25) is 0 Å². The van der Waals surface area contributed by atoms with Gasteiger partial charge in [-0.1, -0.05) is 13.3 Å². The first-order valence-corrected chi connectivity index (χ1v) is 6.29. The number of amides is 2. The molecular formula is C12H22N2O4. The fourth-order valence-electron chi connectivity index (χ4n) is 2.15. The van der Waals surface area contributed by atoms with Crippen molar-refractivity contribution in [3.8, 4) is 0 Å². The Hall–Kier alpha value is -1.30. The SMILES string of the molecule is CCC1(CNC(=O)NC(COC)C(=O)O)CCC1. The van der Waals surface area contributed by atoms with Crippen molar-refractivity contribution in [2.45, 2.75) is 38.6 Å². The first-order chi connectivity index (χ1) is 8.53. The van der Waals surface area contributed by atoms with E-state index in [0.29, 0.717) is 6.54 Å². The third-order valence-electron chi connectivity index (χ3n) is 3.72. The van der Waals surface area contributed by atoms with E-state index in [4.69, 9.17) is 9.84 Å². The average Bonchev–Trinajstić information content (AvgIpc) is 2.27. The molecule has 104 valence electrons. The van der Waals surface area contributed by atoms with Crippen molar-refractivity contribution in [3.63, 3.8) is 0 Å². The molecule has 1 unspecified atom stereocenters. The fourth-order valence-corrected chi connectivity index (χ4v) is 2.15. The maximum Gasteiger partial charge on any atom is 0.328 e. The van der Waals surface area contributed by atoms with Crippen LogP contribution in [0.2, 0.25) is 0 Å². The van der Waals surface area contributed by atoms with Gasteiger partial charge in [0.25, 0.3) is 0 Å². The van der Waals surface area contributed by atoms with Gasteiger partial charge in [0, 0.05) is 13.7 Å². The van der Waals surface area contributed by atoms with E-state index in [2.05, 4.69) is 17.6 Å². The molecule has 3 N–H and O–H groups in total. The van der Waals surface area contributed by atoms with Crippen molar-refractivity contribution in [1.82, 2.24) is 10.6 Å². The summed E-state index contributed by atoms with van der Waals surface area (Å²) in [6.45, 7) is 2.68. The van der Waals surface area contributed by atoms with Crippen LogP contribution in [0.25, 0.3) is 0 Å². The Morgan fingerprint density at radius 1 is 1.44 bits per heavy atom. The van der Waals surface area contributed by atoms with Crippen LogP contribution in [-0.4, -0.2) is 43.4 Å². The standard InChI is InChI=1S/C12H22N2O4/c1-3-12(5-4-6-12)8-13-11(17)14-9(7-18-2)10(15)16/h9H,3-8H2,1-2H3,(H,15,16)(H2,13,14,17). The van der Waals surface area contributed by atoms with Crippen LogP contribution >= 0.6 is 0 Å². The first kappa shape index (κ1) is 14.8. The number of nitrogens with one attached hydrogen (secondary N) is 2. The number of methoxy groups -OCH3 is 1. The molecule has 6 nitrogen and oxygen atoms in total. The minimum atomic E-state index is -1.10. The van der Waals surface area contributed by atoms with Crippen LogP contribution < -0.4 is 10.6 Å². The van der Waals surface area contributed by atoms with Crippen LogP contribution in [0.3, 0.4) is 0 Å². The summed E-state index contributed by atoms with van der Waals surface area (Å²) in [4.78, 5) is 22.4. The second kappa shape index (κ2) is 6.58. The molecule has 0 radical (unpaired) electrons. The zero-order valence-electron chi connectivity index (χ0n) is 11.0. The molecule has 2 amide bonds. The minimum absolute atomic E-state index is 0.0400. The lowest BCUT2D eigenvalue weighted by atomic mass is 9.67. The highest BCUT2D eigenvalue weighted by Crippen LogP contribution is 2.42. The highest BCUT2D eigenvalue weighted by Gasteiger charge is 2.35. The van der Waals surface area contributed by atoms with E-state index in [0.717, 1.165) is 19.3 Å². The van der Waals surface area contributed by atoms with Gasteiger partial charge in [-0.05, 0) is 24.7 Å². The summed E-state index contributed by atoms with van der Waals surface area (Å²) in [6, 6.07) is -1.45. The van der Waals surface area contributed by atoms with Gasteiger partial charge in [-0.2, -0.15) is 0 Å². The lowest BCUT2D eigenvalue weighted by molar-refractivity contribution is -0.140. The number of rotatable bonds is 7. The molecule has 1 aliphatic carbocycles. The molecule has 18 heavy (non-hydrogen) atoms. The topological polar surface area (TPSA) is 87.7 Å². The summed E-state index contributed by atoms with van der Waals surface area (Å²) in [6.07, 6.45) is 4.50. The largest absolute Gasteiger partial charge is 0.480 e. The van der Waals surface area contributed by atoms with Crippen LogP contribution in [0.5, 0.6) is 0 Å². The Balaban J connectivity index is 2.33. The Morgan fingerprint density at radius 2 is 2.11 bits per heavy atom. The molecule has 0 aromatic heterocycles. The highest BCUT2D eigenvalue weighted by molar-refractivity contribution is 5.82. The lowest BCUT2D eigenvalue weighted by Crippen LogP contribution is -2.51. The second-order valence-electron chi connectivity index (χ2n) is 4.88. The lowest BCUT2D eigenvalue weighted by Gasteiger charge is -2.41. The van der Waals surface area contributed by atoms with E-state index < -0.39 is 18.0 Å². The molecule has 0 aromatic carbocycles. The molecule has 0 heterocycles. The van der Waals surface area contributed by atoms with E-state index >= 15 is 0 Å². The summed E-state index contributed by atoms with van der Waals surface area (Å²) >= 11 is 0. The summed E-state index contributed by atoms with van der Waals surface area (Å²) in [5.74, 6) is -1.10. The van der Waals surface area contributed by atoms with Gasteiger partial charge in [0.1, 0.15) is 0 Å². The summed E-state index contributed by atoms with van der Waals surface area (Å²) in [5.41, 5.74) is 0.220. The quantitative estimate of drug-likeness (QED) is 0.635. The number of hydrogen-bond donors (Lipinski definition) is 3. The zero-order chi connectivity index (χ0) is 13.6. The molecule has 0 aliphatic heterocycles. The van der Waals surface area contributed by atoms with Gasteiger partial charge in [-0.25, -0.2) is 9.59 Å². The maximum atomic E-state index is 11.6. The van der Waals surface area contributed by atoms with E-state index in [1.165, 1.54) is 13.5 Å². The van der Waals surface area contributed by atoms with E-state index in [-0.39, 0.29) is 12.0 Å². The number of aliphatic carboxylic acids is 1. The fraction of sp³-hybridized carbons (Fsp3) is 0.833. The Morgan fingerprint density at radius 3 is 2.50 bits per heavy atom. The van der Waals surface area contributed by atoms with Crippen molar-refractivity contribution in [2.24, 2.45) is 5.41 Å². The molecule has 1 fully saturated rings. The molecule has 1 saturated carbocycles. The molecule has 1 aliphatic rings. The predicted molar refractivity (Wildman–Crippen MR) is 66.4 cm³/mol. The van der Waals surface area contributed by atoms with Gasteiger partial charge in [0.05, 0.1) is 6.61 Å². The van der Waals surface area contributed by atoms with Crippen LogP contribution in [0.4, 0.5) is 4.79 Å². The predicted octanol–water partition coefficient (Wildman–Crippen LogP) is 0.965. The molecule has 6 heteroatoms. The number of carboxylic acid groups (broad SMARTS) is 1. The smallest absolute Gasteiger partial charge is 0.328 e. The minimum Gasteiger partial charge on any atom is -0.480 e. The number of urea groups is 1. The molecule has 0 aromatic rings. The number of hydrogen-bond acceptors (Lipinski definition) is 3. The Bertz CT molecular complexity index is 297. The van der Waals surface area contributed by atoms with Crippen molar-refractivity contribution >= 4 is 12.0 Å². The second-order valence-corrected chi connectivity index (χ2v) is 4.88. The first-order valence-electron chi connectivity index (χ1n) is 6.29. The summed E-state index contributed by atoms with van der Waals surface area (Å²) in [7, 11) is 1.40. The van der Waals surface area contributed by atoms with Crippen LogP contribution in [-0.2, 0) is 9.53 Å². The van der Waals surface area contributed by atoms with Crippen LogP contribution in [0.15, 0.2) is 0 Å². The number of carbonyl (C=O) groups is 2. The normalized spacial score (nSPS) is 18.6. The molecule has 0 bridgehead atoms. The van der Waals surface area contributed by atoms with Gasteiger partial charge < -0.3 is 20.5 Å². The average molecular weight is 258 g/mol. The van der Waals surface area contributed by atoms with E-state index in [1.807, 2.05) is 0 Å². The number of carbonyl (C=O) groups excluding carboxylic acids is 1. The maximum absolute atomic E-state index is 11.6. The van der Waals surface area contributed by atoms with E-state index in [9.17, 15) is 9.59 Å². The van der Waals surface area contributed by atoms with Gasteiger partial charge in [0.2, 0.25) is 0 Å². The molecule has 1 rings (SSSR count). The van der Waals surface area contributed by atoms with Crippen LogP contribution in [0, 0.1) is 5.41 Å². The van der Waals surface area contributed by atoms with Crippen molar-refractivity contribution < 1.29 is 19.4 Å². The zero-order valence-corrected chi connectivity index (χ0v) is 11.0. The van der Waals surface area contributed by atoms with Crippen molar-refractivity contribution in [1.29, 1.82) is 0 Å². The third-order valence-corrected chi connectivity index (χ3v) is 3.72. The Kier molecular flexibility index (Phi) is 5.40. The Labute approximate surface area is 107 Å².